The largest absolute Gasteiger partial charge is 0.326 e. The number of likely N-dealkylation sites (tertiary alicyclic amines) is 1. The molecule has 3 nitrogen and oxygen atoms in total. The van der Waals surface area contributed by atoms with Crippen LogP contribution >= 0.6 is 0 Å². The third-order valence-electron chi connectivity index (χ3n) is 3.19. The Morgan fingerprint density at radius 3 is 3.00 bits per heavy atom. The van der Waals surface area contributed by atoms with Gasteiger partial charge in [0.1, 0.15) is 0 Å². The zero-order valence-corrected chi connectivity index (χ0v) is 9.26. The van der Waals surface area contributed by atoms with Gasteiger partial charge in [-0.1, -0.05) is 13.0 Å². The van der Waals surface area contributed by atoms with E-state index in [1.165, 1.54) is 5.56 Å². The topological polar surface area (TPSA) is 42.2 Å². The van der Waals surface area contributed by atoms with E-state index in [1.807, 2.05) is 18.5 Å². The molecule has 1 fully saturated rings. The second-order valence-electron chi connectivity index (χ2n) is 4.51. The number of hydrogen-bond acceptors (Lipinski definition) is 3. The van der Waals surface area contributed by atoms with Crippen molar-refractivity contribution in [3.05, 3.63) is 30.1 Å². The van der Waals surface area contributed by atoms with E-state index in [1.54, 1.807) is 0 Å². The molecule has 0 saturated carbocycles. The maximum absolute atomic E-state index is 5.98. The highest BCUT2D eigenvalue weighted by atomic mass is 15.2. The Kier molecular flexibility index (Phi) is 3.34. The number of nitrogens with zero attached hydrogens (tertiary/aromatic N) is 2. The van der Waals surface area contributed by atoms with Crippen LogP contribution < -0.4 is 5.73 Å². The predicted octanol–water partition coefficient (Wildman–Crippen LogP) is 0.903. The molecular formula is C12H19N3. The molecule has 0 bridgehead atoms. The summed E-state index contributed by atoms with van der Waals surface area (Å²) in [5.41, 5.74) is 7.29. The minimum Gasteiger partial charge on any atom is -0.326 e. The summed E-state index contributed by atoms with van der Waals surface area (Å²) in [7, 11) is 0. The van der Waals surface area contributed by atoms with Gasteiger partial charge in [0.05, 0.1) is 0 Å². The second-order valence-corrected chi connectivity index (χ2v) is 4.51. The van der Waals surface area contributed by atoms with Crippen LogP contribution in [0.4, 0.5) is 0 Å². The normalized spacial score (nSPS) is 27.1. The quantitative estimate of drug-likeness (QED) is 0.797. The Hall–Kier alpha value is -0.930. The molecule has 3 heteroatoms. The van der Waals surface area contributed by atoms with Gasteiger partial charge in [-0.25, -0.2) is 0 Å². The van der Waals surface area contributed by atoms with Crippen LogP contribution in [0.15, 0.2) is 24.5 Å². The molecule has 0 aliphatic carbocycles. The zero-order chi connectivity index (χ0) is 10.7. The van der Waals surface area contributed by atoms with Crippen LogP contribution in [0.25, 0.3) is 0 Å². The summed E-state index contributed by atoms with van der Waals surface area (Å²) in [5.74, 6) is 0.638. The molecule has 0 radical (unpaired) electrons. The summed E-state index contributed by atoms with van der Waals surface area (Å²) in [6.07, 6.45) is 4.84. The Labute approximate surface area is 91.3 Å². The minimum atomic E-state index is 0.360. The van der Waals surface area contributed by atoms with Crippen molar-refractivity contribution in [3.63, 3.8) is 0 Å². The first-order valence-electron chi connectivity index (χ1n) is 5.62. The van der Waals surface area contributed by atoms with Crippen molar-refractivity contribution >= 4 is 0 Å². The summed E-state index contributed by atoms with van der Waals surface area (Å²) >= 11 is 0. The highest BCUT2D eigenvalue weighted by molar-refractivity contribution is 5.08. The lowest BCUT2D eigenvalue weighted by molar-refractivity contribution is 0.331. The first-order chi connectivity index (χ1) is 7.25. The van der Waals surface area contributed by atoms with Gasteiger partial charge in [-0.15, -0.1) is 0 Å². The highest BCUT2D eigenvalue weighted by Crippen LogP contribution is 2.14. The lowest BCUT2D eigenvalue weighted by Gasteiger charge is -2.14. The van der Waals surface area contributed by atoms with Gasteiger partial charge in [0, 0.05) is 38.1 Å². The van der Waals surface area contributed by atoms with E-state index in [0.717, 1.165) is 26.1 Å². The maximum Gasteiger partial charge on any atom is 0.0300 e. The van der Waals surface area contributed by atoms with E-state index >= 15 is 0 Å². The molecule has 15 heavy (non-hydrogen) atoms. The third-order valence-corrected chi connectivity index (χ3v) is 3.19. The molecule has 2 unspecified atom stereocenters. The SMILES string of the molecule is CC1CN(CCc2cccnc2)CC1N. The number of hydrogen-bond donors (Lipinski definition) is 1. The number of rotatable bonds is 3. The molecule has 2 rings (SSSR count). The van der Waals surface area contributed by atoms with E-state index in [0.29, 0.717) is 12.0 Å². The lowest BCUT2D eigenvalue weighted by Crippen LogP contribution is -2.29. The fraction of sp³-hybridized carbons (Fsp3) is 0.583. The van der Waals surface area contributed by atoms with Crippen molar-refractivity contribution in [3.8, 4) is 0 Å². The molecule has 0 spiro atoms. The Morgan fingerprint density at radius 1 is 1.53 bits per heavy atom. The summed E-state index contributed by atoms with van der Waals surface area (Å²) in [4.78, 5) is 6.56. The summed E-state index contributed by atoms with van der Waals surface area (Å²) in [6, 6.07) is 4.49. The van der Waals surface area contributed by atoms with E-state index in [2.05, 4.69) is 22.9 Å². The van der Waals surface area contributed by atoms with Gasteiger partial charge in [-0.2, -0.15) is 0 Å². The molecule has 0 aromatic carbocycles. The summed E-state index contributed by atoms with van der Waals surface area (Å²) in [6.45, 7) is 5.52. The van der Waals surface area contributed by atoms with E-state index in [-0.39, 0.29) is 0 Å². The molecule has 1 aromatic rings. The van der Waals surface area contributed by atoms with Gasteiger partial charge in [-0.05, 0) is 24.0 Å². The fourth-order valence-electron chi connectivity index (χ4n) is 2.11. The number of nitrogens with two attached hydrogens (primary N) is 1. The molecule has 1 aliphatic heterocycles. The van der Waals surface area contributed by atoms with Gasteiger partial charge >= 0.3 is 0 Å². The smallest absolute Gasteiger partial charge is 0.0300 e. The van der Waals surface area contributed by atoms with Crippen molar-refractivity contribution in [2.45, 2.75) is 19.4 Å². The van der Waals surface area contributed by atoms with Crippen molar-refractivity contribution in [1.29, 1.82) is 0 Å². The number of aromatic nitrogens is 1. The van der Waals surface area contributed by atoms with E-state index in [4.69, 9.17) is 5.73 Å². The number of pyridine rings is 1. The van der Waals surface area contributed by atoms with Gasteiger partial charge in [-0.3, -0.25) is 4.98 Å². The van der Waals surface area contributed by atoms with Crippen LogP contribution in [0.3, 0.4) is 0 Å². The average Bonchev–Trinajstić information content (AvgIpc) is 2.57. The monoisotopic (exact) mass is 205 g/mol. The van der Waals surface area contributed by atoms with Crippen molar-refractivity contribution in [2.24, 2.45) is 11.7 Å². The molecule has 2 N–H and O–H groups in total. The summed E-state index contributed by atoms with van der Waals surface area (Å²) < 4.78 is 0. The van der Waals surface area contributed by atoms with Gasteiger partial charge in [0.2, 0.25) is 0 Å². The maximum atomic E-state index is 5.98. The lowest BCUT2D eigenvalue weighted by atomic mass is 10.1. The zero-order valence-electron chi connectivity index (χ0n) is 9.26. The minimum absolute atomic E-state index is 0.360. The first kappa shape index (κ1) is 10.6. The van der Waals surface area contributed by atoms with Crippen LogP contribution in [0.1, 0.15) is 12.5 Å². The van der Waals surface area contributed by atoms with Crippen molar-refractivity contribution < 1.29 is 0 Å². The molecule has 0 amide bonds. The standard InChI is InChI=1S/C12H19N3/c1-10-8-15(9-12(10)13)6-4-11-3-2-5-14-7-11/h2-3,5,7,10,12H,4,6,8-9,13H2,1H3. The van der Waals surface area contributed by atoms with E-state index < -0.39 is 0 Å². The molecule has 1 aliphatic rings. The van der Waals surface area contributed by atoms with Crippen molar-refractivity contribution in [1.82, 2.24) is 9.88 Å². The molecule has 1 aromatic heterocycles. The average molecular weight is 205 g/mol. The van der Waals surface area contributed by atoms with E-state index in [9.17, 15) is 0 Å². The molecule has 82 valence electrons. The van der Waals surface area contributed by atoms with Crippen LogP contribution in [0.5, 0.6) is 0 Å². The van der Waals surface area contributed by atoms with Crippen LogP contribution in [-0.4, -0.2) is 35.6 Å². The summed E-state index contributed by atoms with van der Waals surface area (Å²) in [5, 5.41) is 0. The van der Waals surface area contributed by atoms with Crippen molar-refractivity contribution in [2.75, 3.05) is 19.6 Å². The predicted molar refractivity (Wildman–Crippen MR) is 61.5 cm³/mol. The molecular weight excluding hydrogens is 186 g/mol. The van der Waals surface area contributed by atoms with Gasteiger partial charge < -0.3 is 10.6 Å². The molecule has 2 atom stereocenters. The molecule has 2 heterocycles. The van der Waals surface area contributed by atoms with Gasteiger partial charge in [0.15, 0.2) is 0 Å². The Bertz CT molecular complexity index is 289. The first-order valence-corrected chi connectivity index (χ1v) is 5.62. The molecule has 1 saturated heterocycles. The Morgan fingerprint density at radius 2 is 2.40 bits per heavy atom. The van der Waals surface area contributed by atoms with Gasteiger partial charge in [0.25, 0.3) is 0 Å². The fourth-order valence-corrected chi connectivity index (χ4v) is 2.11. The van der Waals surface area contributed by atoms with Crippen LogP contribution in [-0.2, 0) is 6.42 Å². The van der Waals surface area contributed by atoms with Crippen LogP contribution in [0, 0.1) is 5.92 Å². The third kappa shape index (κ3) is 2.76. The highest BCUT2D eigenvalue weighted by Gasteiger charge is 2.25. The van der Waals surface area contributed by atoms with Crippen LogP contribution in [0.2, 0.25) is 0 Å². The Balaban J connectivity index is 1.80. The second kappa shape index (κ2) is 4.73.